The van der Waals surface area contributed by atoms with Crippen molar-refractivity contribution >= 4 is 0 Å². The second-order valence-corrected chi connectivity index (χ2v) is 4.19. The average Bonchev–Trinajstić information content (AvgIpc) is 2.67. The molecule has 1 rings (SSSR count). The van der Waals surface area contributed by atoms with Crippen molar-refractivity contribution in [2.75, 3.05) is 26.8 Å². The van der Waals surface area contributed by atoms with Crippen molar-refractivity contribution in [3.63, 3.8) is 0 Å². The van der Waals surface area contributed by atoms with E-state index in [4.69, 9.17) is 4.74 Å². The minimum atomic E-state index is 0.643. The smallest absolute Gasteiger partial charge is 0.0499 e. The largest absolute Gasteiger partial charge is 0.384 e. The van der Waals surface area contributed by atoms with E-state index in [-0.39, 0.29) is 0 Å². The van der Waals surface area contributed by atoms with E-state index in [1.807, 2.05) is 0 Å². The predicted molar refractivity (Wildman–Crippen MR) is 51.2 cm³/mol. The van der Waals surface area contributed by atoms with Crippen molar-refractivity contribution in [1.29, 1.82) is 0 Å². The molecule has 0 aromatic heterocycles. The van der Waals surface area contributed by atoms with E-state index in [1.54, 1.807) is 7.11 Å². The molecule has 0 aromatic carbocycles. The zero-order chi connectivity index (χ0) is 8.97. The van der Waals surface area contributed by atoms with Gasteiger partial charge in [0, 0.05) is 13.7 Å². The molecule has 2 nitrogen and oxygen atoms in total. The van der Waals surface area contributed by atoms with Gasteiger partial charge in [-0.25, -0.2) is 0 Å². The molecular formula is C10H21NO. The minimum absolute atomic E-state index is 0.643. The SMILES string of the molecule is COCC(C)CNCC1CC1C. The summed E-state index contributed by atoms with van der Waals surface area (Å²) < 4.78 is 5.06. The predicted octanol–water partition coefficient (Wildman–Crippen LogP) is 1.51. The van der Waals surface area contributed by atoms with Crippen LogP contribution in [0.3, 0.4) is 0 Å². The fourth-order valence-electron chi connectivity index (χ4n) is 1.54. The molecule has 72 valence electrons. The van der Waals surface area contributed by atoms with E-state index < -0.39 is 0 Å². The molecule has 0 bridgehead atoms. The van der Waals surface area contributed by atoms with Crippen LogP contribution in [-0.4, -0.2) is 26.8 Å². The highest BCUT2D eigenvalue weighted by Gasteiger charge is 2.31. The standard InChI is InChI=1S/C10H21NO/c1-8(7-12-3)5-11-6-10-4-9(10)2/h8-11H,4-7H2,1-3H3. The summed E-state index contributed by atoms with van der Waals surface area (Å²) in [4.78, 5) is 0. The fourth-order valence-corrected chi connectivity index (χ4v) is 1.54. The van der Waals surface area contributed by atoms with Gasteiger partial charge < -0.3 is 10.1 Å². The molecule has 0 heterocycles. The Bertz CT molecular complexity index is 127. The first-order chi connectivity index (χ1) is 5.74. The maximum absolute atomic E-state index is 5.06. The zero-order valence-electron chi connectivity index (χ0n) is 8.47. The molecule has 0 saturated heterocycles. The lowest BCUT2D eigenvalue weighted by atomic mass is 10.2. The van der Waals surface area contributed by atoms with Crippen LogP contribution >= 0.6 is 0 Å². The molecule has 0 aliphatic heterocycles. The first kappa shape index (κ1) is 10.0. The number of ether oxygens (including phenoxy) is 1. The molecule has 3 unspecified atom stereocenters. The summed E-state index contributed by atoms with van der Waals surface area (Å²) in [6.45, 7) is 7.71. The molecule has 2 heteroatoms. The summed E-state index contributed by atoms with van der Waals surface area (Å²) in [6.07, 6.45) is 1.42. The maximum Gasteiger partial charge on any atom is 0.0499 e. The van der Waals surface area contributed by atoms with Gasteiger partial charge in [-0.1, -0.05) is 13.8 Å². The van der Waals surface area contributed by atoms with E-state index in [2.05, 4.69) is 19.2 Å². The fraction of sp³-hybridized carbons (Fsp3) is 1.00. The molecular weight excluding hydrogens is 150 g/mol. The number of methoxy groups -OCH3 is 1. The summed E-state index contributed by atoms with van der Waals surface area (Å²) in [5, 5.41) is 3.48. The molecule has 0 amide bonds. The Morgan fingerprint density at radius 1 is 1.58 bits per heavy atom. The highest BCUT2D eigenvalue weighted by atomic mass is 16.5. The third-order valence-corrected chi connectivity index (χ3v) is 2.63. The zero-order valence-corrected chi connectivity index (χ0v) is 8.47. The van der Waals surface area contributed by atoms with Gasteiger partial charge in [0.1, 0.15) is 0 Å². The van der Waals surface area contributed by atoms with Crippen molar-refractivity contribution in [3.05, 3.63) is 0 Å². The van der Waals surface area contributed by atoms with Crippen molar-refractivity contribution in [3.8, 4) is 0 Å². The Morgan fingerprint density at radius 2 is 2.25 bits per heavy atom. The van der Waals surface area contributed by atoms with Crippen LogP contribution in [-0.2, 0) is 4.74 Å². The highest BCUT2D eigenvalue weighted by Crippen LogP contribution is 2.36. The second kappa shape index (κ2) is 4.83. The van der Waals surface area contributed by atoms with E-state index >= 15 is 0 Å². The van der Waals surface area contributed by atoms with Crippen LogP contribution in [0.25, 0.3) is 0 Å². The first-order valence-electron chi connectivity index (χ1n) is 4.93. The van der Waals surface area contributed by atoms with Crippen LogP contribution in [0.4, 0.5) is 0 Å². The number of nitrogens with one attached hydrogen (secondary N) is 1. The van der Waals surface area contributed by atoms with Gasteiger partial charge in [0.2, 0.25) is 0 Å². The van der Waals surface area contributed by atoms with Gasteiger partial charge in [-0.05, 0) is 37.3 Å². The van der Waals surface area contributed by atoms with Crippen molar-refractivity contribution in [1.82, 2.24) is 5.32 Å². The topological polar surface area (TPSA) is 21.3 Å². The Morgan fingerprint density at radius 3 is 2.75 bits per heavy atom. The van der Waals surface area contributed by atoms with Crippen LogP contribution in [0.1, 0.15) is 20.3 Å². The minimum Gasteiger partial charge on any atom is -0.384 e. The molecule has 1 N–H and O–H groups in total. The van der Waals surface area contributed by atoms with Crippen LogP contribution in [0.15, 0.2) is 0 Å². The summed E-state index contributed by atoms with van der Waals surface area (Å²) in [5.41, 5.74) is 0. The summed E-state index contributed by atoms with van der Waals surface area (Å²) in [6, 6.07) is 0. The van der Waals surface area contributed by atoms with Crippen molar-refractivity contribution in [2.24, 2.45) is 17.8 Å². The monoisotopic (exact) mass is 171 g/mol. The number of rotatable bonds is 6. The quantitative estimate of drug-likeness (QED) is 0.654. The Labute approximate surface area is 75.7 Å². The van der Waals surface area contributed by atoms with Crippen LogP contribution in [0.5, 0.6) is 0 Å². The first-order valence-corrected chi connectivity index (χ1v) is 4.93. The lowest BCUT2D eigenvalue weighted by Crippen LogP contribution is -2.25. The Balaban J connectivity index is 1.88. The second-order valence-electron chi connectivity index (χ2n) is 4.19. The Hall–Kier alpha value is -0.0800. The Kier molecular flexibility index (Phi) is 4.02. The van der Waals surface area contributed by atoms with Gasteiger partial charge in [0.05, 0.1) is 0 Å². The molecule has 0 spiro atoms. The lowest BCUT2D eigenvalue weighted by Gasteiger charge is -2.10. The molecule has 1 fully saturated rings. The molecule has 1 saturated carbocycles. The van der Waals surface area contributed by atoms with Gasteiger partial charge >= 0.3 is 0 Å². The molecule has 1 aliphatic rings. The van der Waals surface area contributed by atoms with Gasteiger partial charge in [-0.2, -0.15) is 0 Å². The number of hydrogen-bond donors (Lipinski definition) is 1. The van der Waals surface area contributed by atoms with Crippen LogP contribution in [0, 0.1) is 17.8 Å². The van der Waals surface area contributed by atoms with Gasteiger partial charge in [-0.15, -0.1) is 0 Å². The maximum atomic E-state index is 5.06. The summed E-state index contributed by atoms with van der Waals surface area (Å²) >= 11 is 0. The third-order valence-electron chi connectivity index (χ3n) is 2.63. The number of hydrogen-bond acceptors (Lipinski definition) is 2. The highest BCUT2D eigenvalue weighted by molar-refractivity contribution is 4.83. The molecule has 3 atom stereocenters. The van der Waals surface area contributed by atoms with E-state index in [9.17, 15) is 0 Å². The molecule has 0 radical (unpaired) electrons. The third kappa shape index (κ3) is 3.55. The normalized spacial score (nSPS) is 30.2. The van der Waals surface area contributed by atoms with E-state index in [0.717, 1.165) is 25.0 Å². The van der Waals surface area contributed by atoms with Crippen molar-refractivity contribution in [2.45, 2.75) is 20.3 Å². The van der Waals surface area contributed by atoms with Gasteiger partial charge in [0.15, 0.2) is 0 Å². The van der Waals surface area contributed by atoms with Crippen LogP contribution in [0.2, 0.25) is 0 Å². The molecule has 1 aliphatic carbocycles. The average molecular weight is 171 g/mol. The molecule has 0 aromatic rings. The van der Waals surface area contributed by atoms with E-state index in [0.29, 0.717) is 5.92 Å². The van der Waals surface area contributed by atoms with Gasteiger partial charge in [-0.3, -0.25) is 0 Å². The van der Waals surface area contributed by atoms with Crippen LogP contribution < -0.4 is 5.32 Å². The molecule has 12 heavy (non-hydrogen) atoms. The van der Waals surface area contributed by atoms with Gasteiger partial charge in [0.25, 0.3) is 0 Å². The summed E-state index contributed by atoms with van der Waals surface area (Å²) in [7, 11) is 1.76. The van der Waals surface area contributed by atoms with Crippen molar-refractivity contribution < 1.29 is 4.74 Å². The summed E-state index contributed by atoms with van der Waals surface area (Å²) in [5.74, 6) is 2.57. The lowest BCUT2D eigenvalue weighted by molar-refractivity contribution is 0.158. The van der Waals surface area contributed by atoms with E-state index in [1.165, 1.54) is 13.0 Å².